The third-order valence-electron chi connectivity index (χ3n) is 3.85. The maximum atomic E-state index is 11.3. The Labute approximate surface area is 143 Å². The highest BCUT2D eigenvalue weighted by molar-refractivity contribution is 7.20. The van der Waals surface area contributed by atoms with E-state index in [-0.39, 0.29) is 6.04 Å². The maximum absolute atomic E-state index is 11.3. The van der Waals surface area contributed by atoms with Gasteiger partial charge in [-0.1, -0.05) is 0 Å². The molecule has 0 aromatic carbocycles. The highest BCUT2D eigenvalue weighted by atomic mass is 32.1. The number of hydrogen-bond donors (Lipinski definition) is 2. The number of carbonyl (C=O) groups is 1. The minimum absolute atomic E-state index is 0.0775. The smallest absolute Gasteiger partial charge is 0.346 e. The lowest BCUT2D eigenvalue weighted by Crippen LogP contribution is -2.24. The number of carboxylic acids is 1. The van der Waals surface area contributed by atoms with Crippen molar-refractivity contribution in [2.45, 2.75) is 40.3 Å². The Kier molecular flexibility index (Phi) is 4.23. The number of nitrogens with one attached hydrogen (secondary N) is 1. The van der Waals surface area contributed by atoms with E-state index in [1.165, 1.54) is 17.7 Å². The van der Waals surface area contributed by atoms with Crippen molar-refractivity contribution in [2.24, 2.45) is 0 Å². The lowest BCUT2D eigenvalue weighted by atomic mass is 10.2. The summed E-state index contributed by atoms with van der Waals surface area (Å²) in [7, 11) is 0. The molecule has 0 radical (unpaired) electrons. The number of fused-ring (bicyclic) bond motifs is 1. The molecule has 3 aromatic heterocycles. The average molecular weight is 345 g/mol. The van der Waals surface area contributed by atoms with E-state index in [0.717, 1.165) is 16.8 Å². The van der Waals surface area contributed by atoms with Crippen LogP contribution in [-0.4, -0.2) is 36.9 Å². The second-order valence-corrected chi connectivity index (χ2v) is 6.92. The topological polar surface area (TPSA) is 92.9 Å². The van der Waals surface area contributed by atoms with Crippen LogP contribution < -0.4 is 5.32 Å². The van der Waals surface area contributed by atoms with Crippen LogP contribution in [0.25, 0.3) is 10.2 Å². The van der Waals surface area contributed by atoms with E-state index in [2.05, 4.69) is 20.4 Å². The minimum atomic E-state index is -0.933. The molecule has 0 aliphatic heterocycles. The van der Waals surface area contributed by atoms with Gasteiger partial charge in [0.15, 0.2) is 0 Å². The monoisotopic (exact) mass is 345 g/mol. The van der Waals surface area contributed by atoms with E-state index in [4.69, 9.17) is 0 Å². The van der Waals surface area contributed by atoms with Crippen LogP contribution in [-0.2, 0) is 6.54 Å². The summed E-state index contributed by atoms with van der Waals surface area (Å²) in [6.07, 6.45) is 1.46. The number of hydrogen-bond acceptors (Lipinski definition) is 6. The molecule has 0 aliphatic carbocycles. The lowest BCUT2D eigenvalue weighted by molar-refractivity contribution is 0.0701. The van der Waals surface area contributed by atoms with Crippen molar-refractivity contribution >= 4 is 33.3 Å². The number of aryl methyl sites for hydroxylation is 3. The van der Waals surface area contributed by atoms with Crippen LogP contribution >= 0.6 is 11.3 Å². The standard InChI is InChI=1S/C16H19N5O2S/c1-8-5-10(3)21(20-8)6-9(2)19-14-12-11(4)13(16(22)23)24-15(12)18-7-17-14/h5,7,9H,6H2,1-4H3,(H,22,23)(H,17,18,19). The maximum Gasteiger partial charge on any atom is 0.346 e. The summed E-state index contributed by atoms with van der Waals surface area (Å²) in [6.45, 7) is 8.53. The fourth-order valence-electron chi connectivity index (χ4n) is 2.78. The first-order valence-corrected chi connectivity index (χ1v) is 8.43. The van der Waals surface area contributed by atoms with E-state index < -0.39 is 5.97 Å². The van der Waals surface area contributed by atoms with Gasteiger partial charge in [-0.15, -0.1) is 11.3 Å². The van der Waals surface area contributed by atoms with Crippen LogP contribution in [0.4, 0.5) is 5.82 Å². The van der Waals surface area contributed by atoms with Gasteiger partial charge in [0.05, 0.1) is 17.6 Å². The third-order valence-corrected chi connectivity index (χ3v) is 5.04. The van der Waals surface area contributed by atoms with E-state index in [1.54, 1.807) is 6.92 Å². The van der Waals surface area contributed by atoms with Gasteiger partial charge in [0.1, 0.15) is 21.9 Å². The van der Waals surface area contributed by atoms with Crippen molar-refractivity contribution in [1.29, 1.82) is 0 Å². The molecular formula is C16H19N5O2S. The molecule has 1 unspecified atom stereocenters. The number of thiophene rings is 1. The van der Waals surface area contributed by atoms with E-state index in [0.29, 0.717) is 27.6 Å². The van der Waals surface area contributed by atoms with Gasteiger partial charge in [0, 0.05) is 11.7 Å². The predicted molar refractivity (Wildman–Crippen MR) is 93.9 cm³/mol. The first-order chi connectivity index (χ1) is 11.4. The Bertz CT molecular complexity index is 915. The lowest BCUT2D eigenvalue weighted by Gasteiger charge is -2.16. The number of nitrogens with zero attached hydrogens (tertiary/aromatic N) is 4. The minimum Gasteiger partial charge on any atom is -0.477 e. The van der Waals surface area contributed by atoms with Crippen molar-refractivity contribution in [1.82, 2.24) is 19.7 Å². The first-order valence-electron chi connectivity index (χ1n) is 7.61. The van der Waals surface area contributed by atoms with Crippen molar-refractivity contribution in [3.63, 3.8) is 0 Å². The summed E-state index contributed by atoms with van der Waals surface area (Å²) in [5.74, 6) is -0.271. The molecule has 0 spiro atoms. The average Bonchev–Trinajstić information content (AvgIpc) is 3.00. The Morgan fingerprint density at radius 3 is 2.75 bits per heavy atom. The molecule has 1 atom stereocenters. The first kappa shape index (κ1) is 16.4. The van der Waals surface area contributed by atoms with Crippen molar-refractivity contribution < 1.29 is 9.90 Å². The fraction of sp³-hybridized carbons (Fsp3) is 0.375. The Morgan fingerprint density at radius 2 is 2.12 bits per heavy atom. The molecule has 0 saturated carbocycles. The zero-order valence-electron chi connectivity index (χ0n) is 14.0. The van der Waals surface area contributed by atoms with Gasteiger partial charge >= 0.3 is 5.97 Å². The SMILES string of the molecule is Cc1cc(C)n(CC(C)Nc2ncnc3sc(C(=O)O)c(C)c23)n1. The van der Waals surface area contributed by atoms with E-state index in [1.807, 2.05) is 31.5 Å². The van der Waals surface area contributed by atoms with Gasteiger partial charge in [0.2, 0.25) is 0 Å². The van der Waals surface area contributed by atoms with Crippen molar-refractivity contribution in [3.05, 3.63) is 34.2 Å². The van der Waals surface area contributed by atoms with Gasteiger partial charge in [0.25, 0.3) is 0 Å². The van der Waals surface area contributed by atoms with Crippen LogP contribution in [0.1, 0.15) is 33.5 Å². The fourth-order valence-corrected chi connectivity index (χ4v) is 3.77. The molecule has 8 heteroatoms. The van der Waals surface area contributed by atoms with Crippen LogP contribution in [0, 0.1) is 20.8 Å². The van der Waals surface area contributed by atoms with Crippen LogP contribution in [0.5, 0.6) is 0 Å². The highest BCUT2D eigenvalue weighted by Crippen LogP contribution is 2.33. The Hall–Kier alpha value is -2.48. The van der Waals surface area contributed by atoms with Crippen molar-refractivity contribution in [3.8, 4) is 0 Å². The third kappa shape index (κ3) is 2.96. The summed E-state index contributed by atoms with van der Waals surface area (Å²) in [5, 5.41) is 17.9. The Morgan fingerprint density at radius 1 is 1.38 bits per heavy atom. The second-order valence-electron chi connectivity index (χ2n) is 5.92. The van der Waals surface area contributed by atoms with E-state index in [9.17, 15) is 9.90 Å². The summed E-state index contributed by atoms with van der Waals surface area (Å²) < 4.78 is 1.95. The number of rotatable bonds is 5. The molecular weight excluding hydrogens is 326 g/mol. The van der Waals surface area contributed by atoms with Crippen LogP contribution in [0.15, 0.2) is 12.4 Å². The van der Waals surface area contributed by atoms with Crippen molar-refractivity contribution in [2.75, 3.05) is 5.32 Å². The summed E-state index contributed by atoms with van der Waals surface area (Å²) >= 11 is 1.17. The molecule has 7 nitrogen and oxygen atoms in total. The molecule has 0 saturated heterocycles. The van der Waals surface area contributed by atoms with Crippen LogP contribution in [0.2, 0.25) is 0 Å². The predicted octanol–water partition coefficient (Wildman–Crippen LogP) is 3.01. The number of carboxylic acid groups (broad SMARTS) is 1. The summed E-state index contributed by atoms with van der Waals surface area (Å²) in [6, 6.07) is 2.12. The molecule has 126 valence electrons. The zero-order valence-corrected chi connectivity index (χ0v) is 14.8. The quantitative estimate of drug-likeness (QED) is 0.738. The normalized spacial score (nSPS) is 12.5. The highest BCUT2D eigenvalue weighted by Gasteiger charge is 2.19. The van der Waals surface area contributed by atoms with Crippen LogP contribution in [0.3, 0.4) is 0 Å². The van der Waals surface area contributed by atoms with Gasteiger partial charge in [-0.3, -0.25) is 4.68 Å². The van der Waals surface area contributed by atoms with E-state index >= 15 is 0 Å². The molecule has 0 amide bonds. The number of aromatic nitrogens is 4. The number of anilines is 1. The largest absolute Gasteiger partial charge is 0.477 e. The second kappa shape index (κ2) is 6.20. The number of aromatic carboxylic acids is 1. The summed E-state index contributed by atoms with van der Waals surface area (Å²) in [5.41, 5.74) is 2.79. The Balaban J connectivity index is 1.89. The zero-order chi connectivity index (χ0) is 17.4. The summed E-state index contributed by atoms with van der Waals surface area (Å²) in [4.78, 5) is 20.8. The van der Waals surface area contributed by atoms with Gasteiger partial charge < -0.3 is 10.4 Å². The van der Waals surface area contributed by atoms with Gasteiger partial charge in [-0.25, -0.2) is 14.8 Å². The molecule has 24 heavy (non-hydrogen) atoms. The molecule has 3 rings (SSSR count). The van der Waals surface area contributed by atoms with Gasteiger partial charge in [-0.05, 0) is 39.3 Å². The molecule has 0 fully saturated rings. The molecule has 3 heterocycles. The molecule has 0 aliphatic rings. The molecule has 0 bridgehead atoms. The molecule has 2 N–H and O–H groups in total. The molecule has 3 aromatic rings. The van der Waals surface area contributed by atoms with Gasteiger partial charge in [-0.2, -0.15) is 5.10 Å².